The Balaban J connectivity index is 1.94. The first-order chi connectivity index (χ1) is 13.0. The van der Waals surface area contributed by atoms with Crippen molar-refractivity contribution < 1.29 is 9.53 Å². The highest BCUT2D eigenvalue weighted by Crippen LogP contribution is 2.26. The molecule has 3 rings (SSSR count). The highest BCUT2D eigenvalue weighted by atomic mass is 35.5. The Morgan fingerprint density at radius 2 is 2.07 bits per heavy atom. The van der Waals surface area contributed by atoms with Gasteiger partial charge in [-0.1, -0.05) is 29.8 Å². The first kappa shape index (κ1) is 19.5. The van der Waals surface area contributed by atoms with Crippen LogP contribution in [-0.4, -0.2) is 27.3 Å². The molecule has 3 aromatic rings. The largest absolute Gasteiger partial charge is 0.465 e. The molecule has 142 valence electrons. The summed E-state index contributed by atoms with van der Waals surface area (Å²) in [5.41, 5.74) is 3.45. The second kappa shape index (κ2) is 8.65. The molecule has 1 aromatic carbocycles. The first-order valence-corrected chi connectivity index (χ1v) is 9.82. The molecule has 0 saturated heterocycles. The zero-order valence-electron chi connectivity index (χ0n) is 15.4. The molecule has 0 saturated carbocycles. The van der Waals surface area contributed by atoms with Gasteiger partial charge in [0.05, 0.1) is 18.0 Å². The summed E-state index contributed by atoms with van der Waals surface area (Å²) in [6.45, 7) is 6.43. The summed E-state index contributed by atoms with van der Waals surface area (Å²) in [7, 11) is 0. The monoisotopic (exact) mass is 404 g/mol. The van der Waals surface area contributed by atoms with Gasteiger partial charge in [-0.05, 0) is 32.9 Å². The molecule has 0 bridgehead atoms. The minimum atomic E-state index is -0.622. The second-order valence-corrected chi connectivity index (χ2v) is 7.67. The molecule has 1 N–H and O–H groups in total. The van der Waals surface area contributed by atoms with Crippen molar-refractivity contribution in [3.63, 3.8) is 0 Å². The van der Waals surface area contributed by atoms with Crippen LogP contribution in [0.1, 0.15) is 34.8 Å². The summed E-state index contributed by atoms with van der Waals surface area (Å²) in [6, 6.07) is 9.22. The van der Waals surface area contributed by atoms with Crippen molar-refractivity contribution in [1.82, 2.24) is 20.1 Å². The van der Waals surface area contributed by atoms with Gasteiger partial charge < -0.3 is 4.74 Å². The van der Waals surface area contributed by atoms with E-state index in [0.717, 1.165) is 27.5 Å². The lowest BCUT2D eigenvalue weighted by atomic mass is 10.0. The van der Waals surface area contributed by atoms with E-state index in [1.807, 2.05) is 48.9 Å². The van der Waals surface area contributed by atoms with Crippen molar-refractivity contribution in [3.8, 4) is 5.69 Å². The van der Waals surface area contributed by atoms with E-state index in [1.54, 1.807) is 13.1 Å². The molecule has 2 aromatic heterocycles. The summed E-state index contributed by atoms with van der Waals surface area (Å²) in [5.74, 6) is -0.327. The van der Waals surface area contributed by atoms with Crippen molar-refractivity contribution in [1.29, 1.82) is 0 Å². The third kappa shape index (κ3) is 4.37. The number of hydrogen-bond donors (Lipinski definition) is 1. The van der Waals surface area contributed by atoms with Gasteiger partial charge in [0.2, 0.25) is 0 Å². The molecular formula is C19H21ClN4O2S. The third-order valence-electron chi connectivity index (χ3n) is 4.16. The fourth-order valence-electron chi connectivity index (χ4n) is 2.99. The molecular weight excluding hydrogens is 384 g/mol. The molecule has 0 unspecified atom stereocenters. The standard InChI is InChI=1S/C19H21ClN4O2S/c1-4-26-18(25)17(21-10-15-11-22-19(20)27-15)16-12(2)23-24(13(16)3)14-8-6-5-7-9-14/h5-9,11,17,21H,4,10H2,1-3H3/t17-/m0/s1. The number of thiazole rings is 1. The summed E-state index contributed by atoms with van der Waals surface area (Å²) in [4.78, 5) is 17.6. The SMILES string of the molecule is CCOC(=O)[C@@H](NCc1cnc(Cl)s1)c1c(C)nn(-c2ccccc2)c1C. The Hall–Kier alpha value is -2.22. The van der Waals surface area contributed by atoms with E-state index in [-0.39, 0.29) is 5.97 Å². The predicted octanol–water partition coefficient (Wildman–Crippen LogP) is 3.99. The predicted molar refractivity (Wildman–Crippen MR) is 106 cm³/mol. The van der Waals surface area contributed by atoms with Crippen LogP contribution in [0.5, 0.6) is 0 Å². The summed E-state index contributed by atoms with van der Waals surface area (Å²) >= 11 is 7.28. The number of benzene rings is 1. The van der Waals surface area contributed by atoms with E-state index in [4.69, 9.17) is 16.3 Å². The van der Waals surface area contributed by atoms with Gasteiger partial charge in [0.15, 0.2) is 4.47 Å². The van der Waals surface area contributed by atoms with Crippen LogP contribution in [0.4, 0.5) is 0 Å². The number of carbonyl (C=O) groups excluding carboxylic acids is 1. The first-order valence-electron chi connectivity index (χ1n) is 8.63. The Kier molecular flexibility index (Phi) is 6.26. The van der Waals surface area contributed by atoms with E-state index in [1.165, 1.54) is 11.3 Å². The average Bonchev–Trinajstić information content (AvgIpc) is 3.20. The number of nitrogens with zero attached hydrogens (tertiary/aromatic N) is 3. The Labute approximate surface area is 167 Å². The smallest absolute Gasteiger partial charge is 0.327 e. The van der Waals surface area contributed by atoms with E-state index < -0.39 is 6.04 Å². The quantitative estimate of drug-likeness (QED) is 0.603. The molecule has 8 heteroatoms. The zero-order chi connectivity index (χ0) is 19.4. The minimum Gasteiger partial charge on any atom is -0.465 e. The molecule has 0 amide bonds. The number of rotatable bonds is 7. The minimum absolute atomic E-state index is 0.314. The van der Waals surface area contributed by atoms with Crippen LogP contribution in [-0.2, 0) is 16.1 Å². The number of esters is 1. The number of para-hydroxylation sites is 1. The molecule has 2 heterocycles. The second-order valence-electron chi connectivity index (χ2n) is 5.98. The van der Waals surface area contributed by atoms with Gasteiger partial charge in [-0.25, -0.2) is 14.5 Å². The van der Waals surface area contributed by atoms with Gasteiger partial charge in [0.1, 0.15) is 6.04 Å². The van der Waals surface area contributed by atoms with Crippen LogP contribution >= 0.6 is 22.9 Å². The van der Waals surface area contributed by atoms with Crippen molar-refractivity contribution in [2.45, 2.75) is 33.4 Å². The Bertz CT molecular complexity index is 923. The van der Waals surface area contributed by atoms with Gasteiger partial charge in [0, 0.05) is 28.9 Å². The molecule has 1 atom stereocenters. The van der Waals surface area contributed by atoms with Crippen molar-refractivity contribution >= 4 is 28.9 Å². The van der Waals surface area contributed by atoms with Gasteiger partial charge in [-0.3, -0.25) is 5.32 Å². The fourth-order valence-corrected chi connectivity index (χ4v) is 3.92. The fraction of sp³-hybridized carbons (Fsp3) is 0.316. The van der Waals surface area contributed by atoms with Crippen LogP contribution in [0.25, 0.3) is 5.69 Å². The topological polar surface area (TPSA) is 69.0 Å². The molecule has 0 aliphatic carbocycles. The number of aromatic nitrogens is 3. The van der Waals surface area contributed by atoms with Crippen LogP contribution in [0.2, 0.25) is 4.47 Å². The van der Waals surface area contributed by atoms with E-state index in [0.29, 0.717) is 17.6 Å². The number of aryl methyl sites for hydroxylation is 1. The number of nitrogens with one attached hydrogen (secondary N) is 1. The Morgan fingerprint density at radius 3 is 2.70 bits per heavy atom. The van der Waals surface area contributed by atoms with Gasteiger partial charge in [-0.2, -0.15) is 5.10 Å². The molecule has 0 radical (unpaired) electrons. The van der Waals surface area contributed by atoms with E-state index in [9.17, 15) is 4.79 Å². The van der Waals surface area contributed by atoms with Crippen molar-refractivity contribution in [2.24, 2.45) is 0 Å². The van der Waals surface area contributed by atoms with Crippen molar-refractivity contribution in [3.05, 3.63) is 62.8 Å². The van der Waals surface area contributed by atoms with Crippen molar-refractivity contribution in [2.75, 3.05) is 6.61 Å². The molecule has 27 heavy (non-hydrogen) atoms. The highest BCUT2D eigenvalue weighted by Gasteiger charge is 2.28. The van der Waals surface area contributed by atoms with Crippen LogP contribution in [0.3, 0.4) is 0 Å². The number of ether oxygens (including phenoxy) is 1. The third-order valence-corrected chi connectivity index (χ3v) is 5.28. The lowest BCUT2D eigenvalue weighted by Crippen LogP contribution is -2.30. The average molecular weight is 405 g/mol. The lowest BCUT2D eigenvalue weighted by molar-refractivity contribution is -0.146. The normalized spacial score (nSPS) is 12.1. The van der Waals surface area contributed by atoms with Gasteiger partial charge >= 0.3 is 5.97 Å². The van der Waals surface area contributed by atoms with Crippen LogP contribution < -0.4 is 5.32 Å². The summed E-state index contributed by atoms with van der Waals surface area (Å²) in [5, 5.41) is 7.92. The van der Waals surface area contributed by atoms with E-state index >= 15 is 0 Å². The molecule has 0 spiro atoms. The maximum atomic E-state index is 12.7. The van der Waals surface area contributed by atoms with Crippen LogP contribution in [0.15, 0.2) is 36.5 Å². The maximum absolute atomic E-state index is 12.7. The molecule has 0 aliphatic heterocycles. The van der Waals surface area contributed by atoms with Gasteiger partial charge in [0.25, 0.3) is 0 Å². The highest BCUT2D eigenvalue weighted by molar-refractivity contribution is 7.15. The summed E-state index contributed by atoms with van der Waals surface area (Å²) < 4.78 is 7.63. The molecule has 6 nitrogen and oxygen atoms in total. The zero-order valence-corrected chi connectivity index (χ0v) is 17.0. The summed E-state index contributed by atoms with van der Waals surface area (Å²) in [6.07, 6.45) is 1.70. The maximum Gasteiger partial charge on any atom is 0.327 e. The number of hydrogen-bond acceptors (Lipinski definition) is 6. The number of carbonyl (C=O) groups is 1. The Morgan fingerprint density at radius 1 is 1.33 bits per heavy atom. The molecule has 0 aliphatic rings. The van der Waals surface area contributed by atoms with E-state index in [2.05, 4.69) is 15.4 Å². The lowest BCUT2D eigenvalue weighted by Gasteiger charge is -2.18. The van der Waals surface area contributed by atoms with Crippen LogP contribution in [0, 0.1) is 13.8 Å². The van der Waals surface area contributed by atoms with Gasteiger partial charge in [-0.15, -0.1) is 11.3 Å². The molecule has 0 fully saturated rings. The number of halogens is 1.